The van der Waals surface area contributed by atoms with Gasteiger partial charge in [-0.25, -0.2) is 13.4 Å². The van der Waals surface area contributed by atoms with Crippen LogP contribution in [0.1, 0.15) is 24.1 Å². The number of halogens is 1. The Hall–Kier alpha value is -2.30. The van der Waals surface area contributed by atoms with Gasteiger partial charge in [-0.2, -0.15) is 0 Å². The summed E-state index contributed by atoms with van der Waals surface area (Å²) in [6.45, 7) is 1.22. The van der Waals surface area contributed by atoms with Crippen molar-refractivity contribution in [1.82, 2.24) is 4.98 Å². The molecular formula is C21H20BrN3O4S2. The van der Waals surface area contributed by atoms with Gasteiger partial charge in [-0.3, -0.25) is 10.1 Å². The maximum atomic E-state index is 12.9. The summed E-state index contributed by atoms with van der Waals surface area (Å²) in [6.07, 6.45) is 1.75. The molecule has 1 saturated heterocycles. The highest BCUT2D eigenvalue weighted by Gasteiger charge is 2.32. The minimum Gasteiger partial charge on any atom is -0.348 e. The van der Waals surface area contributed by atoms with E-state index < -0.39 is 20.0 Å². The van der Waals surface area contributed by atoms with Crippen LogP contribution < -0.4 is 4.90 Å². The molecule has 1 aliphatic heterocycles. The van der Waals surface area contributed by atoms with Gasteiger partial charge in [0.15, 0.2) is 15.0 Å². The first-order valence-electron chi connectivity index (χ1n) is 9.75. The first-order chi connectivity index (χ1) is 14.8. The third-order valence-electron chi connectivity index (χ3n) is 5.34. The molecule has 0 bridgehead atoms. The molecule has 3 aromatic rings. The lowest BCUT2D eigenvalue weighted by Crippen LogP contribution is -2.39. The molecule has 0 unspecified atom stereocenters. The van der Waals surface area contributed by atoms with Crippen LogP contribution >= 0.6 is 27.3 Å². The number of anilines is 1. The fourth-order valence-electron chi connectivity index (χ4n) is 3.69. The number of nitrogens with zero attached hydrogens (tertiary/aromatic N) is 3. The van der Waals surface area contributed by atoms with Gasteiger partial charge in [0.2, 0.25) is 0 Å². The number of nitro groups is 1. The number of thiazole rings is 1. The zero-order valence-electron chi connectivity index (χ0n) is 16.5. The van der Waals surface area contributed by atoms with Gasteiger partial charge in [-0.1, -0.05) is 28.1 Å². The predicted octanol–water partition coefficient (Wildman–Crippen LogP) is 4.85. The Morgan fingerprint density at radius 1 is 1.16 bits per heavy atom. The lowest BCUT2D eigenvalue weighted by Gasteiger charge is -2.31. The molecule has 0 aliphatic carbocycles. The van der Waals surface area contributed by atoms with E-state index in [-0.39, 0.29) is 10.6 Å². The number of benzene rings is 2. The molecule has 0 atom stereocenters. The molecule has 7 nitrogen and oxygen atoms in total. The molecule has 2 aromatic carbocycles. The van der Waals surface area contributed by atoms with Gasteiger partial charge in [0.05, 0.1) is 20.8 Å². The van der Waals surface area contributed by atoms with Crippen molar-refractivity contribution in [3.8, 4) is 0 Å². The van der Waals surface area contributed by atoms with Crippen LogP contribution in [0.5, 0.6) is 0 Å². The Morgan fingerprint density at radius 2 is 1.87 bits per heavy atom. The summed E-state index contributed by atoms with van der Waals surface area (Å²) in [5.74, 6) is 0. The zero-order valence-corrected chi connectivity index (χ0v) is 19.7. The molecule has 1 aliphatic rings. The normalized spacial score (nSPS) is 15.2. The van der Waals surface area contributed by atoms with E-state index in [1.54, 1.807) is 11.3 Å². The van der Waals surface area contributed by atoms with Crippen molar-refractivity contribution in [1.29, 1.82) is 0 Å². The van der Waals surface area contributed by atoms with Crippen LogP contribution in [0.15, 0.2) is 63.3 Å². The molecule has 0 spiro atoms. The Bertz CT molecular complexity index is 1190. The third-order valence-corrected chi connectivity index (χ3v) is 9.06. The lowest BCUT2D eigenvalue weighted by molar-refractivity contribution is -0.384. The van der Waals surface area contributed by atoms with Gasteiger partial charge in [-0.05, 0) is 42.7 Å². The van der Waals surface area contributed by atoms with Crippen LogP contribution in [0, 0.1) is 10.1 Å². The highest BCUT2D eigenvalue weighted by atomic mass is 79.9. The van der Waals surface area contributed by atoms with Crippen molar-refractivity contribution in [2.75, 3.05) is 18.0 Å². The minimum atomic E-state index is -3.52. The summed E-state index contributed by atoms with van der Waals surface area (Å²) in [6, 6.07) is 13.3. The monoisotopic (exact) mass is 521 g/mol. The Labute approximate surface area is 192 Å². The maximum Gasteiger partial charge on any atom is 0.269 e. The van der Waals surface area contributed by atoms with Crippen molar-refractivity contribution in [2.24, 2.45) is 0 Å². The van der Waals surface area contributed by atoms with E-state index >= 15 is 0 Å². The minimum absolute atomic E-state index is 0.115. The van der Waals surface area contributed by atoms with Crippen LogP contribution in [0.2, 0.25) is 0 Å². The van der Waals surface area contributed by atoms with Gasteiger partial charge in [0.1, 0.15) is 0 Å². The van der Waals surface area contributed by atoms with Crippen molar-refractivity contribution < 1.29 is 13.3 Å². The van der Waals surface area contributed by atoms with E-state index in [1.165, 1.54) is 29.8 Å². The van der Waals surface area contributed by atoms with Crippen LogP contribution in [0.25, 0.3) is 0 Å². The van der Waals surface area contributed by atoms with Gasteiger partial charge in [0.25, 0.3) is 5.69 Å². The predicted molar refractivity (Wildman–Crippen MR) is 125 cm³/mol. The molecule has 2 heterocycles. The Balaban J connectivity index is 1.39. The fourth-order valence-corrected chi connectivity index (χ4v) is 6.74. The highest BCUT2D eigenvalue weighted by molar-refractivity contribution is 9.10. The molecular weight excluding hydrogens is 502 g/mol. The molecule has 0 N–H and O–H groups in total. The average Bonchev–Trinajstić information content (AvgIpc) is 3.22. The standard InChI is InChI=1S/C21H20BrN3O4S2/c22-16-3-1-2-15(12-16)13-17-14-30-21(23-17)24-10-8-20(9-11-24)31(28,29)19-6-4-18(5-7-19)25(26)27/h1-7,12,14,20H,8-11,13H2. The number of aromatic nitrogens is 1. The van der Waals surface area contributed by atoms with Crippen molar-refractivity contribution in [3.63, 3.8) is 0 Å². The van der Waals surface area contributed by atoms with E-state index in [0.29, 0.717) is 25.9 Å². The topological polar surface area (TPSA) is 93.4 Å². The van der Waals surface area contributed by atoms with Crippen molar-refractivity contribution >= 4 is 47.9 Å². The summed E-state index contributed by atoms with van der Waals surface area (Å²) in [5.41, 5.74) is 2.06. The number of hydrogen-bond acceptors (Lipinski definition) is 7. The molecule has 162 valence electrons. The lowest BCUT2D eigenvalue weighted by atomic mass is 10.1. The first-order valence-corrected chi connectivity index (χ1v) is 13.0. The van der Waals surface area contributed by atoms with Crippen LogP contribution in [0.3, 0.4) is 0 Å². The molecule has 1 fully saturated rings. The summed E-state index contributed by atoms with van der Waals surface area (Å²) in [5, 5.41) is 13.3. The number of piperidine rings is 1. The van der Waals surface area contributed by atoms with E-state index in [4.69, 9.17) is 4.98 Å². The van der Waals surface area contributed by atoms with Crippen LogP contribution in [0.4, 0.5) is 10.8 Å². The molecule has 0 amide bonds. The third kappa shape index (κ3) is 4.97. The van der Waals surface area contributed by atoms with E-state index in [2.05, 4.69) is 38.3 Å². The first kappa shape index (κ1) is 21.9. The fraction of sp³-hybridized carbons (Fsp3) is 0.286. The highest BCUT2D eigenvalue weighted by Crippen LogP contribution is 2.30. The van der Waals surface area contributed by atoms with Crippen molar-refractivity contribution in [3.05, 3.63) is 79.8 Å². The smallest absolute Gasteiger partial charge is 0.269 e. The summed E-state index contributed by atoms with van der Waals surface area (Å²) >= 11 is 5.07. The van der Waals surface area contributed by atoms with E-state index in [0.717, 1.165) is 21.7 Å². The van der Waals surface area contributed by atoms with Crippen LogP contribution in [-0.2, 0) is 16.3 Å². The molecule has 4 rings (SSSR count). The summed E-state index contributed by atoms with van der Waals surface area (Å²) in [4.78, 5) is 17.3. The number of sulfone groups is 1. The van der Waals surface area contributed by atoms with Crippen LogP contribution in [-0.4, -0.2) is 36.7 Å². The second-order valence-corrected chi connectivity index (χ2v) is 11.4. The molecule has 0 saturated carbocycles. The quantitative estimate of drug-likeness (QED) is 0.340. The Morgan fingerprint density at radius 3 is 2.52 bits per heavy atom. The zero-order chi connectivity index (χ0) is 22.0. The Kier molecular flexibility index (Phi) is 6.40. The number of non-ortho nitro benzene ring substituents is 1. The summed E-state index contributed by atoms with van der Waals surface area (Å²) in [7, 11) is -3.52. The molecule has 1 aromatic heterocycles. The van der Waals surface area contributed by atoms with E-state index in [9.17, 15) is 18.5 Å². The number of hydrogen-bond donors (Lipinski definition) is 0. The van der Waals surface area contributed by atoms with E-state index in [1.807, 2.05) is 12.1 Å². The number of rotatable bonds is 6. The van der Waals surface area contributed by atoms with Gasteiger partial charge in [0, 0.05) is 41.5 Å². The molecule has 31 heavy (non-hydrogen) atoms. The second kappa shape index (κ2) is 9.05. The van der Waals surface area contributed by atoms with Crippen molar-refractivity contribution in [2.45, 2.75) is 29.4 Å². The van der Waals surface area contributed by atoms with Gasteiger partial charge < -0.3 is 4.90 Å². The maximum absolute atomic E-state index is 12.9. The number of nitro benzene ring substituents is 1. The van der Waals surface area contributed by atoms with Gasteiger partial charge >= 0.3 is 0 Å². The molecule has 10 heteroatoms. The average molecular weight is 522 g/mol. The summed E-state index contributed by atoms with van der Waals surface area (Å²) < 4.78 is 26.9. The largest absolute Gasteiger partial charge is 0.348 e. The molecule has 0 radical (unpaired) electrons. The SMILES string of the molecule is O=[N+]([O-])c1ccc(S(=O)(=O)C2CCN(c3nc(Cc4cccc(Br)c4)cs3)CC2)cc1. The van der Waals surface area contributed by atoms with Gasteiger partial charge in [-0.15, -0.1) is 11.3 Å². The second-order valence-electron chi connectivity index (χ2n) is 7.41.